The molecule has 0 radical (unpaired) electrons. The molecule has 2 nitrogen and oxygen atoms in total. The van der Waals surface area contributed by atoms with Crippen LogP contribution in [-0.4, -0.2) is 30.6 Å². The van der Waals surface area contributed by atoms with Gasteiger partial charge in [0.05, 0.1) is 0 Å². The topological polar surface area (TPSA) is 15.3 Å². The minimum Gasteiger partial charge on any atom is -0.316 e. The first-order valence-electron chi connectivity index (χ1n) is 8.76. The molecular formula is C19H30N2. The van der Waals surface area contributed by atoms with Crippen molar-refractivity contribution in [1.82, 2.24) is 10.2 Å². The van der Waals surface area contributed by atoms with E-state index < -0.39 is 0 Å². The Kier molecular flexibility index (Phi) is 4.97. The van der Waals surface area contributed by atoms with Gasteiger partial charge in [0.2, 0.25) is 0 Å². The monoisotopic (exact) mass is 286 g/mol. The van der Waals surface area contributed by atoms with Gasteiger partial charge >= 0.3 is 0 Å². The molecule has 1 heterocycles. The SMILES string of the molecule is CC(C)N(Cc1ccc(C2CC2)cc1)CC1CCCNC1. The van der Waals surface area contributed by atoms with E-state index in [1.807, 2.05) is 0 Å². The quantitative estimate of drug-likeness (QED) is 0.856. The number of piperidine rings is 1. The van der Waals surface area contributed by atoms with Gasteiger partial charge in [-0.1, -0.05) is 24.3 Å². The van der Waals surface area contributed by atoms with Crippen molar-refractivity contribution >= 4 is 0 Å². The van der Waals surface area contributed by atoms with E-state index in [-0.39, 0.29) is 0 Å². The van der Waals surface area contributed by atoms with Crippen LogP contribution in [0.2, 0.25) is 0 Å². The standard InChI is InChI=1S/C19H30N2/c1-15(2)21(14-17-4-3-11-20-12-17)13-16-5-7-18(8-6-16)19-9-10-19/h5-8,15,17,19-20H,3-4,9-14H2,1-2H3. The second-order valence-corrected chi connectivity index (χ2v) is 7.25. The molecule has 0 amide bonds. The van der Waals surface area contributed by atoms with Crippen LogP contribution in [0.1, 0.15) is 56.6 Å². The lowest BCUT2D eigenvalue weighted by atomic mass is 9.98. The molecule has 1 saturated heterocycles. The van der Waals surface area contributed by atoms with Crippen LogP contribution in [0.4, 0.5) is 0 Å². The second-order valence-electron chi connectivity index (χ2n) is 7.25. The van der Waals surface area contributed by atoms with Crippen molar-refractivity contribution < 1.29 is 0 Å². The van der Waals surface area contributed by atoms with E-state index in [2.05, 4.69) is 48.3 Å². The van der Waals surface area contributed by atoms with Gasteiger partial charge in [-0.25, -0.2) is 0 Å². The first-order chi connectivity index (χ1) is 10.2. The first-order valence-corrected chi connectivity index (χ1v) is 8.76. The third kappa shape index (κ3) is 4.31. The summed E-state index contributed by atoms with van der Waals surface area (Å²) in [5.74, 6) is 1.69. The van der Waals surface area contributed by atoms with Crippen molar-refractivity contribution in [3.05, 3.63) is 35.4 Å². The average molecular weight is 286 g/mol. The van der Waals surface area contributed by atoms with E-state index >= 15 is 0 Å². The summed E-state index contributed by atoms with van der Waals surface area (Å²) in [4.78, 5) is 2.64. The molecule has 1 aliphatic carbocycles. The van der Waals surface area contributed by atoms with Crippen LogP contribution in [0.25, 0.3) is 0 Å². The van der Waals surface area contributed by atoms with Crippen molar-refractivity contribution in [2.75, 3.05) is 19.6 Å². The maximum Gasteiger partial charge on any atom is 0.0236 e. The summed E-state index contributed by atoms with van der Waals surface area (Å²) in [6.07, 6.45) is 5.52. The smallest absolute Gasteiger partial charge is 0.0236 e. The van der Waals surface area contributed by atoms with Gasteiger partial charge in [0, 0.05) is 19.1 Å². The Morgan fingerprint density at radius 2 is 1.90 bits per heavy atom. The van der Waals surface area contributed by atoms with E-state index in [0.29, 0.717) is 6.04 Å². The molecule has 1 saturated carbocycles. The predicted molar refractivity (Wildman–Crippen MR) is 89.6 cm³/mol. The Balaban J connectivity index is 1.58. The number of nitrogens with one attached hydrogen (secondary N) is 1. The summed E-state index contributed by atoms with van der Waals surface area (Å²) in [5.41, 5.74) is 3.02. The molecule has 3 rings (SSSR count). The largest absolute Gasteiger partial charge is 0.316 e. The fourth-order valence-corrected chi connectivity index (χ4v) is 3.42. The highest BCUT2D eigenvalue weighted by molar-refractivity contribution is 5.28. The fourth-order valence-electron chi connectivity index (χ4n) is 3.42. The molecule has 2 aliphatic rings. The van der Waals surface area contributed by atoms with Gasteiger partial charge in [0.15, 0.2) is 0 Å². The van der Waals surface area contributed by atoms with Crippen LogP contribution < -0.4 is 5.32 Å². The number of rotatable bonds is 6. The summed E-state index contributed by atoms with van der Waals surface area (Å²) in [7, 11) is 0. The van der Waals surface area contributed by atoms with E-state index in [4.69, 9.17) is 0 Å². The summed E-state index contributed by atoms with van der Waals surface area (Å²) in [6, 6.07) is 10.0. The van der Waals surface area contributed by atoms with Crippen LogP contribution in [0.5, 0.6) is 0 Å². The maximum atomic E-state index is 3.54. The Bertz CT molecular complexity index is 427. The first kappa shape index (κ1) is 15.1. The molecule has 1 aromatic rings. The Hall–Kier alpha value is -0.860. The molecule has 1 aromatic carbocycles. The number of benzene rings is 1. The number of hydrogen-bond acceptors (Lipinski definition) is 2. The number of nitrogens with zero attached hydrogens (tertiary/aromatic N) is 1. The van der Waals surface area contributed by atoms with Crippen LogP contribution in [-0.2, 0) is 6.54 Å². The van der Waals surface area contributed by atoms with Crippen molar-refractivity contribution in [3.63, 3.8) is 0 Å². The normalized spacial score (nSPS) is 23.0. The van der Waals surface area contributed by atoms with Crippen LogP contribution in [0.3, 0.4) is 0 Å². The fraction of sp³-hybridized carbons (Fsp3) is 0.684. The minimum absolute atomic E-state index is 0.620. The average Bonchev–Trinajstić information content (AvgIpc) is 3.33. The zero-order valence-electron chi connectivity index (χ0n) is 13.6. The molecule has 0 bridgehead atoms. The van der Waals surface area contributed by atoms with Gasteiger partial charge in [-0.15, -0.1) is 0 Å². The second kappa shape index (κ2) is 6.93. The van der Waals surface area contributed by atoms with Gasteiger partial charge < -0.3 is 5.32 Å². The molecule has 1 atom stereocenters. The van der Waals surface area contributed by atoms with Gasteiger partial charge in [-0.2, -0.15) is 0 Å². The van der Waals surface area contributed by atoms with Crippen molar-refractivity contribution in [1.29, 1.82) is 0 Å². The molecule has 0 spiro atoms. The summed E-state index contributed by atoms with van der Waals surface area (Å²) in [6.45, 7) is 9.39. The lowest BCUT2D eigenvalue weighted by molar-refractivity contribution is 0.164. The van der Waals surface area contributed by atoms with Crippen molar-refractivity contribution in [3.8, 4) is 0 Å². The zero-order valence-corrected chi connectivity index (χ0v) is 13.6. The van der Waals surface area contributed by atoms with E-state index in [9.17, 15) is 0 Å². The highest BCUT2D eigenvalue weighted by Gasteiger charge is 2.23. The maximum absolute atomic E-state index is 3.54. The van der Waals surface area contributed by atoms with E-state index in [1.165, 1.54) is 50.9 Å². The van der Waals surface area contributed by atoms with Crippen LogP contribution in [0.15, 0.2) is 24.3 Å². The van der Waals surface area contributed by atoms with Crippen LogP contribution in [0, 0.1) is 5.92 Å². The van der Waals surface area contributed by atoms with Gasteiger partial charge in [0.25, 0.3) is 0 Å². The lowest BCUT2D eigenvalue weighted by Crippen LogP contribution is -2.40. The molecule has 1 unspecified atom stereocenters. The Morgan fingerprint density at radius 3 is 2.48 bits per heavy atom. The third-order valence-electron chi connectivity index (χ3n) is 5.04. The summed E-state index contributed by atoms with van der Waals surface area (Å²) >= 11 is 0. The summed E-state index contributed by atoms with van der Waals surface area (Å²) < 4.78 is 0. The molecule has 1 N–H and O–H groups in total. The van der Waals surface area contributed by atoms with Gasteiger partial charge in [-0.05, 0) is 75.6 Å². The Morgan fingerprint density at radius 1 is 1.14 bits per heavy atom. The molecule has 1 aliphatic heterocycles. The molecule has 2 fully saturated rings. The predicted octanol–water partition coefficient (Wildman–Crippen LogP) is 3.77. The third-order valence-corrected chi connectivity index (χ3v) is 5.04. The van der Waals surface area contributed by atoms with Crippen LogP contribution >= 0.6 is 0 Å². The molecule has 116 valence electrons. The van der Waals surface area contributed by atoms with Gasteiger partial charge in [0.1, 0.15) is 0 Å². The molecule has 21 heavy (non-hydrogen) atoms. The lowest BCUT2D eigenvalue weighted by Gasteiger charge is -2.33. The molecule has 2 heteroatoms. The van der Waals surface area contributed by atoms with E-state index in [1.54, 1.807) is 5.56 Å². The number of hydrogen-bond donors (Lipinski definition) is 1. The molecular weight excluding hydrogens is 256 g/mol. The van der Waals surface area contributed by atoms with Crippen molar-refractivity contribution in [2.24, 2.45) is 5.92 Å². The van der Waals surface area contributed by atoms with Crippen molar-refractivity contribution in [2.45, 2.75) is 58.0 Å². The summed E-state index contributed by atoms with van der Waals surface area (Å²) in [5, 5.41) is 3.54. The highest BCUT2D eigenvalue weighted by Crippen LogP contribution is 2.39. The Labute approximate surface area is 129 Å². The zero-order chi connectivity index (χ0) is 14.7. The molecule has 0 aromatic heterocycles. The minimum atomic E-state index is 0.620. The van der Waals surface area contributed by atoms with E-state index in [0.717, 1.165) is 18.4 Å². The highest BCUT2D eigenvalue weighted by atomic mass is 15.1. The van der Waals surface area contributed by atoms with Gasteiger partial charge in [-0.3, -0.25) is 4.90 Å².